The maximum Gasteiger partial charge on any atom is 0.338 e. The van der Waals surface area contributed by atoms with Crippen molar-refractivity contribution in [3.63, 3.8) is 0 Å². The number of hydrogen-bond acceptors (Lipinski definition) is 7. The Morgan fingerprint density at radius 2 is 1.94 bits per heavy atom. The van der Waals surface area contributed by atoms with Gasteiger partial charge < -0.3 is 10.1 Å². The van der Waals surface area contributed by atoms with E-state index in [0.717, 1.165) is 31.2 Å². The summed E-state index contributed by atoms with van der Waals surface area (Å²) in [5, 5.41) is 8.41. The SMILES string of the molecule is CC1=C(C(=O)OC2CCCCC2)C(c2ccncc2)n2nc(SCc3ccccc3F)nc2N1. The van der Waals surface area contributed by atoms with Crippen LogP contribution in [0.5, 0.6) is 0 Å². The number of aromatic nitrogens is 4. The van der Waals surface area contributed by atoms with Crippen LogP contribution in [0.3, 0.4) is 0 Å². The zero-order valence-corrected chi connectivity index (χ0v) is 19.7. The van der Waals surface area contributed by atoms with Gasteiger partial charge in [-0.3, -0.25) is 4.98 Å². The first kappa shape index (κ1) is 22.6. The molecule has 34 heavy (non-hydrogen) atoms. The van der Waals surface area contributed by atoms with Gasteiger partial charge in [0, 0.05) is 23.8 Å². The van der Waals surface area contributed by atoms with Gasteiger partial charge in [-0.1, -0.05) is 36.4 Å². The molecule has 1 N–H and O–H groups in total. The summed E-state index contributed by atoms with van der Waals surface area (Å²) in [7, 11) is 0. The minimum absolute atomic E-state index is 0.0522. The third kappa shape index (κ3) is 4.70. The van der Waals surface area contributed by atoms with E-state index in [-0.39, 0.29) is 17.9 Å². The molecule has 1 fully saturated rings. The van der Waals surface area contributed by atoms with Gasteiger partial charge in [-0.2, -0.15) is 4.98 Å². The molecule has 1 unspecified atom stereocenters. The Morgan fingerprint density at radius 3 is 2.71 bits per heavy atom. The Balaban J connectivity index is 1.44. The number of rotatable bonds is 6. The lowest BCUT2D eigenvalue weighted by atomic mass is 9.95. The lowest BCUT2D eigenvalue weighted by molar-refractivity contribution is -0.146. The van der Waals surface area contributed by atoms with Crippen molar-refractivity contribution in [1.29, 1.82) is 0 Å². The largest absolute Gasteiger partial charge is 0.459 e. The van der Waals surface area contributed by atoms with Crippen LogP contribution in [0, 0.1) is 5.82 Å². The molecular formula is C25H26FN5O2S. The second-order valence-electron chi connectivity index (χ2n) is 8.55. The lowest BCUT2D eigenvalue weighted by Gasteiger charge is -2.30. The van der Waals surface area contributed by atoms with Gasteiger partial charge >= 0.3 is 5.97 Å². The number of ether oxygens (including phenoxy) is 1. The van der Waals surface area contributed by atoms with Crippen LogP contribution >= 0.6 is 11.8 Å². The van der Waals surface area contributed by atoms with Crippen molar-refractivity contribution in [3.8, 4) is 0 Å². The zero-order chi connectivity index (χ0) is 23.5. The summed E-state index contributed by atoms with van der Waals surface area (Å²) in [6.07, 6.45) is 8.49. The predicted octanol–water partition coefficient (Wildman–Crippen LogP) is 5.27. The van der Waals surface area contributed by atoms with E-state index in [1.54, 1.807) is 29.2 Å². The second-order valence-corrected chi connectivity index (χ2v) is 9.50. The van der Waals surface area contributed by atoms with Crippen LogP contribution in [-0.2, 0) is 15.3 Å². The number of benzene rings is 1. The molecule has 7 nitrogen and oxygen atoms in total. The summed E-state index contributed by atoms with van der Waals surface area (Å²) in [4.78, 5) is 22.1. The third-order valence-electron chi connectivity index (χ3n) is 6.22. The minimum atomic E-state index is -0.495. The zero-order valence-electron chi connectivity index (χ0n) is 18.9. The number of thioether (sulfide) groups is 1. The molecule has 3 heterocycles. The summed E-state index contributed by atoms with van der Waals surface area (Å²) in [5.41, 5.74) is 2.65. The smallest absolute Gasteiger partial charge is 0.338 e. The quantitative estimate of drug-likeness (QED) is 0.381. The lowest BCUT2D eigenvalue weighted by Crippen LogP contribution is -2.32. The third-order valence-corrected chi connectivity index (χ3v) is 7.10. The molecule has 1 saturated carbocycles. The number of carbonyl (C=O) groups excluding carboxylic acids is 1. The first-order valence-corrected chi connectivity index (χ1v) is 12.5. The fourth-order valence-electron chi connectivity index (χ4n) is 4.47. The summed E-state index contributed by atoms with van der Waals surface area (Å²) in [6.45, 7) is 1.86. The number of nitrogens with zero attached hydrogens (tertiary/aromatic N) is 4. The first-order valence-electron chi connectivity index (χ1n) is 11.5. The van der Waals surface area contributed by atoms with Crippen molar-refractivity contribution in [2.24, 2.45) is 0 Å². The van der Waals surface area contributed by atoms with E-state index in [1.165, 1.54) is 24.2 Å². The second kappa shape index (κ2) is 9.97. The Bertz CT molecular complexity index is 1210. The van der Waals surface area contributed by atoms with Gasteiger partial charge in [0.2, 0.25) is 11.1 Å². The molecule has 0 amide bonds. The van der Waals surface area contributed by atoms with Gasteiger partial charge in [-0.25, -0.2) is 13.9 Å². The van der Waals surface area contributed by atoms with Gasteiger partial charge in [0.25, 0.3) is 0 Å². The van der Waals surface area contributed by atoms with Gasteiger partial charge in [0.15, 0.2) is 0 Å². The highest BCUT2D eigenvalue weighted by atomic mass is 32.2. The van der Waals surface area contributed by atoms with E-state index in [9.17, 15) is 9.18 Å². The van der Waals surface area contributed by atoms with Crippen molar-refractivity contribution in [1.82, 2.24) is 19.7 Å². The topological polar surface area (TPSA) is 81.9 Å². The fraction of sp³-hybridized carbons (Fsp3) is 0.360. The number of anilines is 1. The highest BCUT2D eigenvalue weighted by Gasteiger charge is 2.36. The van der Waals surface area contributed by atoms with Crippen LogP contribution in [0.15, 0.2) is 65.2 Å². The Kier molecular flexibility index (Phi) is 6.62. The van der Waals surface area contributed by atoms with Gasteiger partial charge in [-0.15, -0.1) is 5.10 Å². The molecule has 1 aliphatic heterocycles. The van der Waals surface area contributed by atoms with E-state index >= 15 is 0 Å². The van der Waals surface area contributed by atoms with Gasteiger partial charge in [-0.05, 0) is 61.9 Å². The average Bonchev–Trinajstić information content (AvgIpc) is 3.26. The highest BCUT2D eigenvalue weighted by molar-refractivity contribution is 7.98. The number of allylic oxidation sites excluding steroid dienone is 1. The molecule has 0 bridgehead atoms. The molecule has 0 saturated heterocycles. The molecule has 5 rings (SSSR count). The molecule has 1 atom stereocenters. The van der Waals surface area contributed by atoms with Crippen molar-refractivity contribution < 1.29 is 13.9 Å². The first-order chi connectivity index (χ1) is 16.6. The number of carbonyl (C=O) groups is 1. The van der Waals surface area contributed by atoms with Crippen molar-refractivity contribution >= 4 is 23.7 Å². The van der Waals surface area contributed by atoms with Crippen molar-refractivity contribution in [2.45, 2.75) is 62.1 Å². The molecule has 2 aromatic heterocycles. The molecule has 176 valence electrons. The van der Waals surface area contributed by atoms with E-state index < -0.39 is 6.04 Å². The molecule has 0 radical (unpaired) electrons. The van der Waals surface area contributed by atoms with Crippen LogP contribution in [-0.4, -0.2) is 31.8 Å². The summed E-state index contributed by atoms with van der Waals surface area (Å²) in [5.74, 6) is 0.348. The Morgan fingerprint density at radius 1 is 1.18 bits per heavy atom. The van der Waals surface area contributed by atoms with E-state index in [2.05, 4.69) is 20.4 Å². The molecule has 1 aromatic carbocycles. The van der Waals surface area contributed by atoms with E-state index in [4.69, 9.17) is 4.74 Å². The van der Waals surface area contributed by atoms with Crippen LogP contribution in [0.25, 0.3) is 0 Å². The number of fused-ring (bicyclic) bond motifs is 1. The summed E-state index contributed by atoms with van der Waals surface area (Å²) >= 11 is 1.35. The van der Waals surface area contributed by atoms with Crippen LogP contribution in [0.1, 0.15) is 56.2 Å². The maximum atomic E-state index is 14.1. The summed E-state index contributed by atoms with van der Waals surface area (Å²) in [6, 6.07) is 9.92. The number of pyridine rings is 1. The molecule has 0 spiro atoms. The average molecular weight is 480 g/mol. The van der Waals surface area contributed by atoms with Crippen molar-refractivity contribution in [3.05, 3.63) is 77.0 Å². The Labute approximate surface area is 201 Å². The van der Waals surface area contributed by atoms with Gasteiger partial charge in [0.05, 0.1) is 5.57 Å². The van der Waals surface area contributed by atoms with Crippen LogP contribution in [0.4, 0.5) is 10.3 Å². The highest BCUT2D eigenvalue weighted by Crippen LogP contribution is 2.37. The minimum Gasteiger partial charge on any atom is -0.459 e. The summed E-state index contributed by atoms with van der Waals surface area (Å²) < 4.78 is 21.7. The van der Waals surface area contributed by atoms with Crippen LogP contribution in [0.2, 0.25) is 0 Å². The van der Waals surface area contributed by atoms with E-state index in [0.29, 0.717) is 33.7 Å². The standard InChI is InChI=1S/C25H26FN5O2S/c1-16-21(23(32)33-19-8-3-2-4-9-19)22(17-11-13-27-14-12-17)31-24(28-16)29-25(30-31)34-15-18-7-5-6-10-20(18)26/h5-7,10-14,19,22H,2-4,8-9,15H2,1H3,(H,28,29,30). The van der Waals surface area contributed by atoms with E-state index in [1.807, 2.05) is 25.1 Å². The van der Waals surface area contributed by atoms with Crippen LogP contribution < -0.4 is 5.32 Å². The number of esters is 1. The number of halogens is 1. The van der Waals surface area contributed by atoms with Gasteiger partial charge in [0.1, 0.15) is 18.0 Å². The molecular weight excluding hydrogens is 453 g/mol. The molecule has 9 heteroatoms. The number of nitrogens with one attached hydrogen (secondary N) is 1. The van der Waals surface area contributed by atoms with Crippen molar-refractivity contribution in [2.75, 3.05) is 5.32 Å². The molecule has 3 aromatic rings. The predicted molar refractivity (Wildman–Crippen MR) is 128 cm³/mol. The maximum absolute atomic E-state index is 14.1. The number of hydrogen-bond donors (Lipinski definition) is 1. The molecule has 2 aliphatic rings. The monoisotopic (exact) mass is 479 g/mol. The fourth-order valence-corrected chi connectivity index (χ4v) is 5.28. The molecule has 1 aliphatic carbocycles. The Hall–Kier alpha value is -3.20. The normalized spacial score (nSPS) is 18.4.